The molecule has 1 aromatic heterocycles. The van der Waals surface area contributed by atoms with Crippen LogP contribution in [0.1, 0.15) is 47.3 Å². The van der Waals surface area contributed by atoms with Crippen LogP contribution in [0.3, 0.4) is 0 Å². The van der Waals surface area contributed by atoms with Crippen LogP contribution in [-0.2, 0) is 20.6 Å². The highest BCUT2D eigenvalue weighted by Gasteiger charge is 2.17. The van der Waals surface area contributed by atoms with Gasteiger partial charge in [0.15, 0.2) is 0 Å². The maximum Gasteiger partial charge on any atom is 0.407 e. The van der Waals surface area contributed by atoms with Crippen LogP contribution in [-0.4, -0.2) is 49.4 Å². The lowest BCUT2D eigenvalue weighted by atomic mass is 10.1. The van der Waals surface area contributed by atoms with Crippen LogP contribution in [0.5, 0.6) is 0 Å². The van der Waals surface area contributed by atoms with Crippen molar-refractivity contribution in [3.8, 4) is 0 Å². The Morgan fingerprint density at radius 3 is 2.25 bits per heavy atom. The Morgan fingerprint density at radius 2 is 1.71 bits per heavy atom. The lowest BCUT2D eigenvalue weighted by Crippen LogP contribution is -2.33. The number of ether oxygens (including phenoxy) is 3. The van der Waals surface area contributed by atoms with Crippen LogP contribution < -0.4 is 5.32 Å². The number of carbonyl (C=O) groups excluding carboxylic acids is 3. The zero-order valence-electron chi connectivity index (χ0n) is 14.5. The molecule has 0 atom stereocenters. The molecule has 1 rings (SSSR count). The smallest absolute Gasteiger partial charge is 0.407 e. The van der Waals surface area contributed by atoms with Gasteiger partial charge in [-0.2, -0.15) is 0 Å². The number of nitrogens with one attached hydrogen (secondary N) is 1. The number of aromatic nitrogens is 1. The third kappa shape index (κ3) is 6.23. The molecule has 0 bridgehead atoms. The first-order valence-electron chi connectivity index (χ1n) is 7.30. The van der Waals surface area contributed by atoms with Crippen LogP contribution in [0.2, 0.25) is 0 Å². The monoisotopic (exact) mass is 338 g/mol. The average molecular weight is 338 g/mol. The number of carbonyl (C=O) groups is 3. The fraction of sp³-hybridized carbons (Fsp3) is 0.500. The Bertz CT molecular complexity index is 587. The van der Waals surface area contributed by atoms with Crippen LogP contribution in [0.25, 0.3) is 0 Å². The highest BCUT2D eigenvalue weighted by atomic mass is 16.6. The highest BCUT2D eigenvalue weighted by Crippen LogP contribution is 2.10. The summed E-state index contributed by atoms with van der Waals surface area (Å²) in [6, 6.07) is 2.79. The van der Waals surface area contributed by atoms with Crippen molar-refractivity contribution in [3.63, 3.8) is 0 Å². The van der Waals surface area contributed by atoms with Gasteiger partial charge in [0, 0.05) is 18.7 Å². The van der Waals surface area contributed by atoms with Crippen molar-refractivity contribution in [2.45, 2.75) is 32.8 Å². The molecule has 8 nitrogen and oxygen atoms in total. The summed E-state index contributed by atoms with van der Waals surface area (Å²) in [7, 11) is 2.46. The van der Waals surface area contributed by atoms with E-state index < -0.39 is 23.6 Å². The van der Waals surface area contributed by atoms with Crippen LogP contribution >= 0.6 is 0 Å². The first kappa shape index (κ1) is 19.4. The number of methoxy groups -OCH3 is 2. The largest absolute Gasteiger partial charge is 0.465 e. The van der Waals surface area contributed by atoms with E-state index in [-0.39, 0.29) is 17.8 Å². The molecule has 1 N–H and O–H groups in total. The van der Waals surface area contributed by atoms with Crippen LogP contribution in [0.4, 0.5) is 4.79 Å². The van der Waals surface area contributed by atoms with E-state index >= 15 is 0 Å². The maximum absolute atomic E-state index is 11.7. The van der Waals surface area contributed by atoms with Crippen molar-refractivity contribution in [2.24, 2.45) is 0 Å². The number of nitrogens with zero attached hydrogens (tertiary/aromatic N) is 1. The molecule has 0 saturated carbocycles. The Kier molecular flexibility index (Phi) is 6.69. The van der Waals surface area contributed by atoms with Gasteiger partial charge in [-0.3, -0.25) is 0 Å². The van der Waals surface area contributed by atoms with Crippen molar-refractivity contribution >= 4 is 18.0 Å². The molecule has 1 heterocycles. The van der Waals surface area contributed by atoms with Crippen molar-refractivity contribution in [1.29, 1.82) is 0 Å². The SMILES string of the molecule is COC(=O)c1cc(CCNC(=O)OC(C)(C)C)nc(C(=O)OC)c1. The van der Waals surface area contributed by atoms with E-state index in [0.717, 1.165) is 0 Å². The predicted octanol–water partition coefficient (Wildman–Crippen LogP) is 1.72. The van der Waals surface area contributed by atoms with E-state index in [2.05, 4.69) is 19.8 Å². The maximum atomic E-state index is 11.7. The Hall–Kier alpha value is -2.64. The molecule has 0 aromatic carbocycles. The molecule has 24 heavy (non-hydrogen) atoms. The van der Waals surface area contributed by atoms with Gasteiger partial charge in [-0.25, -0.2) is 19.4 Å². The number of esters is 2. The average Bonchev–Trinajstić information content (AvgIpc) is 2.51. The molecule has 0 spiro atoms. The first-order valence-corrected chi connectivity index (χ1v) is 7.30. The normalized spacial score (nSPS) is 10.7. The number of alkyl carbamates (subject to hydrolysis) is 1. The van der Waals surface area contributed by atoms with Crippen molar-refractivity contribution in [1.82, 2.24) is 10.3 Å². The number of hydrogen-bond donors (Lipinski definition) is 1. The number of hydrogen-bond acceptors (Lipinski definition) is 7. The molecule has 1 aromatic rings. The Morgan fingerprint density at radius 1 is 1.08 bits per heavy atom. The third-order valence-electron chi connectivity index (χ3n) is 2.74. The second-order valence-corrected chi connectivity index (χ2v) is 5.89. The lowest BCUT2D eigenvalue weighted by Gasteiger charge is -2.19. The zero-order valence-corrected chi connectivity index (χ0v) is 14.5. The van der Waals surface area contributed by atoms with E-state index in [9.17, 15) is 14.4 Å². The minimum absolute atomic E-state index is 0.00679. The van der Waals surface area contributed by atoms with Crippen molar-refractivity contribution in [2.75, 3.05) is 20.8 Å². The third-order valence-corrected chi connectivity index (χ3v) is 2.74. The minimum atomic E-state index is -0.665. The summed E-state index contributed by atoms with van der Waals surface area (Å²) in [5, 5.41) is 2.58. The quantitative estimate of drug-likeness (QED) is 0.644. The van der Waals surface area contributed by atoms with Gasteiger partial charge in [0.2, 0.25) is 0 Å². The van der Waals surface area contributed by atoms with Gasteiger partial charge in [-0.15, -0.1) is 0 Å². The number of pyridine rings is 1. The van der Waals surface area contributed by atoms with Gasteiger partial charge in [0.25, 0.3) is 0 Å². The molecule has 0 aliphatic rings. The molecular weight excluding hydrogens is 316 g/mol. The van der Waals surface area contributed by atoms with Gasteiger partial charge in [0.05, 0.1) is 19.8 Å². The van der Waals surface area contributed by atoms with Crippen molar-refractivity contribution < 1.29 is 28.6 Å². The lowest BCUT2D eigenvalue weighted by molar-refractivity contribution is 0.0524. The Labute approximate surface area is 140 Å². The summed E-state index contributed by atoms with van der Waals surface area (Å²) in [5.41, 5.74) is 0.0211. The van der Waals surface area contributed by atoms with Gasteiger partial charge in [0.1, 0.15) is 11.3 Å². The fourth-order valence-electron chi connectivity index (χ4n) is 1.77. The summed E-state index contributed by atoms with van der Waals surface area (Å²) < 4.78 is 14.4. The zero-order chi connectivity index (χ0) is 18.3. The Balaban J connectivity index is 2.81. The van der Waals surface area contributed by atoms with E-state index in [1.807, 2.05) is 0 Å². The molecule has 0 radical (unpaired) electrons. The summed E-state index contributed by atoms with van der Waals surface area (Å²) in [6.07, 6.45) is -0.256. The molecule has 132 valence electrons. The molecular formula is C16H22N2O6. The molecule has 0 saturated heterocycles. The van der Waals surface area contributed by atoms with E-state index in [4.69, 9.17) is 4.74 Å². The van der Waals surface area contributed by atoms with E-state index in [0.29, 0.717) is 12.1 Å². The second kappa shape index (κ2) is 8.28. The topological polar surface area (TPSA) is 104 Å². The van der Waals surface area contributed by atoms with Gasteiger partial charge < -0.3 is 19.5 Å². The molecule has 8 heteroatoms. The summed E-state index contributed by atoms with van der Waals surface area (Å²) in [4.78, 5) is 39.0. The highest BCUT2D eigenvalue weighted by molar-refractivity contribution is 5.94. The molecule has 0 aliphatic carbocycles. The first-order chi connectivity index (χ1) is 11.2. The fourth-order valence-corrected chi connectivity index (χ4v) is 1.77. The summed E-state index contributed by atoms with van der Waals surface area (Å²) in [5.74, 6) is -1.26. The van der Waals surface area contributed by atoms with Crippen LogP contribution in [0.15, 0.2) is 12.1 Å². The minimum Gasteiger partial charge on any atom is -0.465 e. The van der Waals surface area contributed by atoms with Crippen molar-refractivity contribution in [3.05, 3.63) is 29.1 Å². The van der Waals surface area contributed by atoms with Gasteiger partial charge >= 0.3 is 18.0 Å². The molecule has 1 amide bonds. The summed E-state index contributed by atoms with van der Waals surface area (Å²) in [6.45, 7) is 5.51. The number of amides is 1. The number of rotatable bonds is 5. The summed E-state index contributed by atoms with van der Waals surface area (Å²) >= 11 is 0. The van der Waals surface area contributed by atoms with Gasteiger partial charge in [-0.1, -0.05) is 0 Å². The molecule has 0 aliphatic heterocycles. The molecule has 0 unspecified atom stereocenters. The van der Waals surface area contributed by atoms with E-state index in [1.165, 1.54) is 26.4 Å². The van der Waals surface area contributed by atoms with Crippen LogP contribution in [0, 0.1) is 0 Å². The van der Waals surface area contributed by atoms with Gasteiger partial charge in [-0.05, 0) is 32.9 Å². The second-order valence-electron chi connectivity index (χ2n) is 5.89. The standard InChI is InChI=1S/C16H22N2O6/c1-16(2,3)24-15(21)17-7-6-11-8-10(13(19)22-4)9-12(18-11)14(20)23-5/h8-9H,6-7H2,1-5H3,(H,17,21). The predicted molar refractivity (Wildman–Crippen MR) is 84.9 cm³/mol. The molecule has 0 fully saturated rings. The van der Waals surface area contributed by atoms with E-state index in [1.54, 1.807) is 20.8 Å².